The van der Waals surface area contributed by atoms with Crippen LogP contribution in [0.5, 0.6) is 0 Å². The lowest BCUT2D eigenvalue weighted by Crippen LogP contribution is -2.00. The van der Waals surface area contributed by atoms with Crippen LogP contribution in [0.25, 0.3) is 0 Å². The van der Waals surface area contributed by atoms with Crippen molar-refractivity contribution in [1.29, 1.82) is 0 Å². The third-order valence-corrected chi connectivity index (χ3v) is 3.79. The van der Waals surface area contributed by atoms with Crippen LogP contribution < -0.4 is 0 Å². The van der Waals surface area contributed by atoms with E-state index in [0.29, 0.717) is 6.42 Å². The van der Waals surface area contributed by atoms with Crippen molar-refractivity contribution >= 4 is 5.97 Å². The number of rotatable bonds is 15. The van der Waals surface area contributed by atoms with Crippen LogP contribution in [-0.4, -0.2) is 24.3 Å². The highest BCUT2D eigenvalue weighted by atomic mass is 16.5. The molecule has 1 N–H and O–H groups in total. The van der Waals surface area contributed by atoms with Gasteiger partial charge in [0.05, 0.1) is 13.2 Å². The number of aliphatic hydroxyl groups is 1. The zero-order valence-electron chi connectivity index (χ0n) is 15.6. The van der Waals surface area contributed by atoms with Crippen LogP contribution in [0.15, 0.2) is 36.5 Å². The molecule has 0 aliphatic rings. The Morgan fingerprint density at radius 1 is 0.958 bits per heavy atom. The lowest BCUT2D eigenvalue weighted by atomic mass is 10.1. The Bertz CT molecular complexity index is 369. The molecular weight excluding hydrogens is 300 g/mol. The summed E-state index contributed by atoms with van der Waals surface area (Å²) in [5, 5.41) is 9.86. The van der Waals surface area contributed by atoms with E-state index < -0.39 is 0 Å². The molecule has 24 heavy (non-hydrogen) atoms. The van der Waals surface area contributed by atoms with Gasteiger partial charge in [0.1, 0.15) is 0 Å². The number of aliphatic hydroxyl groups excluding tert-OH is 1. The van der Waals surface area contributed by atoms with Crippen LogP contribution in [0, 0.1) is 0 Å². The standard InChI is InChI=1S/C21H36O3/c1-3-4-5-6-7-8-11-14-17-20(22)18-15-12-9-10-13-16-19-21(23)24-2/h7-10,15,18,20,22H,3-6,11-14,16-17,19H2,1-2H3/b8-7-,10-9-,18-15-. The molecular formula is C21H36O3. The molecule has 0 aromatic rings. The van der Waals surface area contributed by atoms with Crippen molar-refractivity contribution in [2.45, 2.75) is 83.7 Å². The number of unbranched alkanes of at least 4 members (excludes halogenated alkanes) is 5. The first-order valence-corrected chi connectivity index (χ1v) is 9.42. The number of hydrogen-bond donors (Lipinski definition) is 1. The molecule has 0 rings (SSSR count). The minimum Gasteiger partial charge on any atom is -0.469 e. The summed E-state index contributed by atoms with van der Waals surface area (Å²) in [6.07, 6.45) is 23.1. The van der Waals surface area contributed by atoms with Gasteiger partial charge in [-0.25, -0.2) is 0 Å². The van der Waals surface area contributed by atoms with Gasteiger partial charge in [0.15, 0.2) is 0 Å². The van der Waals surface area contributed by atoms with Crippen molar-refractivity contribution in [3.63, 3.8) is 0 Å². The molecule has 0 saturated carbocycles. The molecule has 0 aliphatic heterocycles. The van der Waals surface area contributed by atoms with Crippen LogP contribution in [0.4, 0.5) is 0 Å². The number of esters is 1. The van der Waals surface area contributed by atoms with Gasteiger partial charge in [-0.1, -0.05) is 56.2 Å². The quantitative estimate of drug-likeness (QED) is 0.244. The predicted molar refractivity (Wildman–Crippen MR) is 102 cm³/mol. The third kappa shape index (κ3) is 17.0. The van der Waals surface area contributed by atoms with Crippen molar-refractivity contribution in [2.24, 2.45) is 0 Å². The van der Waals surface area contributed by atoms with Gasteiger partial charge in [-0.2, -0.15) is 0 Å². The predicted octanol–water partition coefficient (Wildman–Crippen LogP) is 5.50. The van der Waals surface area contributed by atoms with E-state index in [2.05, 4.69) is 36.0 Å². The lowest BCUT2D eigenvalue weighted by Gasteiger charge is -2.03. The summed E-state index contributed by atoms with van der Waals surface area (Å²) in [4.78, 5) is 10.9. The highest BCUT2D eigenvalue weighted by Gasteiger charge is 1.97. The number of carbonyl (C=O) groups is 1. The highest BCUT2D eigenvalue weighted by molar-refractivity contribution is 5.69. The Labute approximate surface area is 148 Å². The van der Waals surface area contributed by atoms with Gasteiger partial charge in [-0.15, -0.1) is 0 Å². The van der Waals surface area contributed by atoms with Gasteiger partial charge in [-0.05, 0) is 51.4 Å². The second-order valence-electron chi connectivity index (χ2n) is 6.07. The van der Waals surface area contributed by atoms with E-state index in [9.17, 15) is 9.90 Å². The Hall–Kier alpha value is -1.35. The van der Waals surface area contributed by atoms with E-state index in [1.54, 1.807) is 0 Å². The zero-order chi connectivity index (χ0) is 17.9. The zero-order valence-corrected chi connectivity index (χ0v) is 15.6. The first kappa shape index (κ1) is 22.6. The summed E-state index contributed by atoms with van der Waals surface area (Å²) in [6.45, 7) is 2.22. The van der Waals surface area contributed by atoms with Crippen molar-refractivity contribution < 1.29 is 14.6 Å². The highest BCUT2D eigenvalue weighted by Crippen LogP contribution is 2.06. The summed E-state index contributed by atoms with van der Waals surface area (Å²) < 4.78 is 4.58. The fraction of sp³-hybridized carbons (Fsp3) is 0.667. The van der Waals surface area contributed by atoms with Gasteiger partial charge in [0, 0.05) is 6.42 Å². The molecule has 0 bridgehead atoms. The minimum absolute atomic E-state index is 0.151. The topological polar surface area (TPSA) is 46.5 Å². The summed E-state index contributed by atoms with van der Waals surface area (Å²) in [5.74, 6) is -0.151. The number of hydrogen-bond acceptors (Lipinski definition) is 3. The summed E-state index contributed by atoms with van der Waals surface area (Å²) >= 11 is 0. The van der Waals surface area contributed by atoms with Gasteiger partial charge < -0.3 is 9.84 Å². The molecule has 0 radical (unpaired) electrons. The third-order valence-electron chi connectivity index (χ3n) is 3.79. The molecule has 0 spiro atoms. The Morgan fingerprint density at radius 3 is 2.33 bits per heavy atom. The first-order chi connectivity index (χ1) is 11.7. The van der Waals surface area contributed by atoms with Crippen LogP contribution in [0.3, 0.4) is 0 Å². The van der Waals surface area contributed by atoms with Gasteiger partial charge in [-0.3, -0.25) is 4.79 Å². The Morgan fingerprint density at radius 2 is 1.62 bits per heavy atom. The van der Waals surface area contributed by atoms with Crippen molar-refractivity contribution in [1.82, 2.24) is 0 Å². The summed E-state index contributed by atoms with van der Waals surface area (Å²) in [7, 11) is 1.41. The molecule has 3 nitrogen and oxygen atoms in total. The molecule has 138 valence electrons. The van der Waals surface area contributed by atoms with E-state index >= 15 is 0 Å². The molecule has 0 aliphatic carbocycles. The van der Waals surface area contributed by atoms with E-state index in [-0.39, 0.29) is 12.1 Å². The van der Waals surface area contributed by atoms with Crippen LogP contribution in [0.1, 0.15) is 77.6 Å². The van der Waals surface area contributed by atoms with E-state index in [1.807, 2.05) is 12.2 Å². The number of allylic oxidation sites excluding steroid dienone is 5. The monoisotopic (exact) mass is 336 g/mol. The normalized spacial score (nSPS) is 13.3. The second kappa shape index (κ2) is 18.0. The minimum atomic E-state index is -0.341. The SMILES string of the molecule is CCCCC/C=C\CCCC(O)/C=C\C/C=C\CCCC(=O)OC. The molecule has 3 heteroatoms. The van der Waals surface area contributed by atoms with E-state index in [0.717, 1.165) is 38.5 Å². The fourth-order valence-electron chi connectivity index (χ4n) is 2.28. The molecule has 0 heterocycles. The smallest absolute Gasteiger partial charge is 0.305 e. The Kier molecular flexibility index (Phi) is 17.0. The molecule has 1 unspecified atom stereocenters. The van der Waals surface area contributed by atoms with E-state index in [1.165, 1.54) is 32.8 Å². The lowest BCUT2D eigenvalue weighted by molar-refractivity contribution is -0.140. The average molecular weight is 337 g/mol. The van der Waals surface area contributed by atoms with Gasteiger partial charge in [0.25, 0.3) is 0 Å². The van der Waals surface area contributed by atoms with Crippen molar-refractivity contribution in [3.05, 3.63) is 36.5 Å². The van der Waals surface area contributed by atoms with Gasteiger partial charge in [0.2, 0.25) is 0 Å². The summed E-state index contributed by atoms with van der Waals surface area (Å²) in [6, 6.07) is 0. The molecule has 0 aromatic heterocycles. The maximum absolute atomic E-state index is 10.9. The number of carbonyl (C=O) groups excluding carboxylic acids is 1. The number of ether oxygens (including phenoxy) is 1. The first-order valence-electron chi connectivity index (χ1n) is 9.42. The van der Waals surface area contributed by atoms with Crippen LogP contribution >= 0.6 is 0 Å². The molecule has 1 atom stereocenters. The summed E-state index contributed by atoms with van der Waals surface area (Å²) in [5.41, 5.74) is 0. The second-order valence-corrected chi connectivity index (χ2v) is 6.07. The Balaban J connectivity index is 3.51. The molecule has 0 fully saturated rings. The van der Waals surface area contributed by atoms with Crippen molar-refractivity contribution in [2.75, 3.05) is 7.11 Å². The van der Waals surface area contributed by atoms with Crippen LogP contribution in [0.2, 0.25) is 0 Å². The number of methoxy groups -OCH3 is 1. The van der Waals surface area contributed by atoms with Crippen molar-refractivity contribution in [3.8, 4) is 0 Å². The molecule has 0 amide bonds. The average Bonchev–Trinajstić information content (AvgIpc) is 2.59. The maximum atomic E-state index is 10.9. The van der Waals surface area contributed by atoms with Crippen LogP contribution in [-0.2, 0) is 9.53 Å². The van der Waals surface area contributed by atoms with Gasteiger partial charge >= 0.3 is 5.97 Å². The molecule has 0 saturated heterocycles. The molecule has 0 aromatic carbocycles. The van der Waals surface area contributed by atoms with E-state index in [4.69, 9.17) is 0 Å². The maximum Gasteiger partial charge on any atom is 0.305 e. The largest absolute Gasteiger partial charge is 0.469 e. The fourth-order valence-corrected chi connectivity index (χ4v) is 2.28.